The van der Waals surface area contributed by atoms with Crippen LogP contribution in [0.5, 0.6) is 0 Å². The SMILES string of the molecule is COCCNCC(=O)Nc1ccc2ccccc2c1. The molecule has 4 heteroatoms. The highest BCUT2D eigenvalue weighted by Crippen LogP contribution is 2.18. The maximum atomic E-state index is 11.7. The van der Waals surface area contributed by atoms with Gasteiger partial charge in [-0.2, -0.15) is 0 Å². The average molecular weight is 258 g/mol. The smallest absolute Gasteiger partial charge is 0.238 e. The summed E-state index contributed by atoms with van der Waals surface area (Å²) in [5, 5.41) is 8.16. The van der Waals surface area contributed by atoms with Crippen LogP contribution in [-0.2, 0) is 9.53 Å². The minimum Gasteiger partial charge on any atom is -0.383 e. The molecule has 0 aliphatic heterocycles. The van der Waals surface area contributed by atoms with Crippen molar-refractivity contribution in [3.63, 3.8) is 0 Å². The third-order valence-electron chi connectivity index (χ3n) is 2.80. The summed E-state index contributed by atoms with van der Waals surface area (Å²) in [6.45, 7) is 1.56. The van der Waals surface area contributed by atoms with E-state index in [1.165, 1.54) is 5.39 Å². The van der Waals surface area contributed by atoms with Crippen LogP contribution in [0.25, 0.3) is 10.8 Å². The molecule has 0 radical (unpaired) electrons. The molecule has 0 fully saturated rings. The van der Waals surface area contributed by atoms with Crippen LogP contribution in [0.15, 0.2) is 42.5 Å². The molecule has 4 nitrogen and oxygen atoms in total. The molecule has 2 aromatic rings. The molecule has 0 saturated heterocycles. The van der Waals surface area contributed by atoms with E-state index in [0.29, 0.717) is 13.2 Å². The van der Waals surface area contributed by atoms with Crippen LogP contribution in [0.1, 0.15) is 0 Å². The van der Waals surface area contributed by atoms with Crippen molar-refractivity contribution in [2.24, 2.45) is 0 Å². The van der Waals surface area contributed by atoms with E-state index in [9.17, 15) is 4.79 Å². The first-order valence-corrected chi connectivity index (χ1v) is 6.28. The van der Waals surface area contributed by atoms with Crippen LogP contribution in [-0.4, -0.2) is 32.7 Å². The Labute approximate surface area is 112 Å². The molecule has 0 spiro atoms. The van der Waals surface area contributed by atoms with E-state index < -0.39 is 0 Å². The predicted octanol–water partition coefficient (Wildman–Crippen LogP) is 2.01. The minimum absolute atomic E-state index is 0.0496. The Morgan fingerprint density at radius 1 is 1.16 bits per heavy atom. The van der Waals surface area contributed by atoms with Crippen LogP contribution < -0.4 is 10.6 Å². The number of anilines is 1. The first-order chi connectivity index (χ1) is 9.29. The molecule has 100 valence electrons. The van der Waals surface area contributed by atoms with E-state index in [1.54, 1.807) is 7.11 Å². The van der Waals surface area contributed by atoms with E-state index >= 15 is 0 Å². The number of fused-ring (bicyclic) bond motifs is 1. The molecule has 0 aliphatic carbocycles. The van der Waals surface area contributed by atoms with E-state index in [4.69, 9.17) is 4.74 Å². The fourth-order valence-corrected chi connectivity index (χ4v) is 1.85. The second kappa shape index (κ2) is 6.87. The number of benzene rings is 2. The lowest BCUT2D eigenvalue weighted by Gasteiger charge is -2.07. The molecule has 1 amide bonds. The van der Waals surface area contributed by atoms with Gasteiger partial charge in [0.15, 0.2) is 0 Å². The van der Waals surface area contributed by atoms with Gasteiger partial charge in [-0.25, -0.2) is 0 Å². The van der Waals surface area contributed by atoms with Gasteiger partial charge in [0, 0.05) is 19.3 Å². The van der Waals surface area contributed by atoms with Gasteiger partial charge in [-0.05, 0) is 22.9 Å². The van der Waals surface area contributed by atoms with Crippen molar-refractivity contribution in [2.75, 3.05) is 32.1 Å². The molecular weight excluding hydrogens is 240 g/mol. The first-order valence-electron chi connectivity index (χ1n) is 6.28. The number of rotatable bonds is 6. The Bertz CT molecular complexity index is 555. The summed E-state index contributed by atoms with van der Waals surface area (Å²) in [4.78, 5) is 11.7. The Hall–Kier alpha value is -1.91. The van der Waals surface area contributed by atoms with Gasteiger partial charge in [-0.1, -0.05) is 30.3 Å². The van der Waals surface area contributed by atoms with Crippen molar-refractivity contribution < 1.29 is 9.53 Å². The van der Waals surface area contributed by atoms with E-state index in [0.717, 1.165) is 11.1 Å². The summed E-state index contributed by atoms with van der Waals surface area (Å²) >= 11 is 0. The number of amides is 1. The second-order valence-corrected chi connectivity index (χ2v) is 4.28. The molecule has 0 unspecified atom stereocenters. The number of carbonyl (C=O) groups is 1. The summed E-state index contributed by atoms with van der Waals surface area (Å²) in [6, 6.07) is 14.0. The van der Waals surface area contributed by atoms with Crippen molar-refractivity contribution in [3.05, 3.63) is 42.5 Å². The number of nitrogens with one attached hydrogen (secondary N) is 2. The third-order valence-corrected chi connectivity index (χ3v) is 2.80. The molecule has 2 N–H and O–H groups in total. The van der Waals surface area contributed by atoms with Gasteiger partial charge in [0.25, 0.3) is 0 Å². The molecule has 0 saturated carbocycles. The molecule has 0 bridgehead atoms. The summed E-state index contributed by atoms with van der Waals surface area (Å²) in [6.07, 6.45) is 0. The van der Waals surface area contributed by atoms with Crippen molar-refractivity contribution in [2.45, 2.75) is 0 Å². The number of ether oxygens (including phenoxy) is 1. The Morgan fingerprint density at radius 3 is 2.74 bits per heavy atom. The van der Waals surface area contributed by atoms with Gasteiger partial charge >= 0.3 is 0 Å². The van der Waals surface area contributed by atoms with E-state index in [-0.39, 0.29) is 12.5 Å². The Morgan fingerprint density at radius 2 is 1.95 bits per heavy atom. The fraction of sp³-hybridized carbons (Fsp3) is 0.267. The quantitative estimate of drug-likeness (QED) is 0.779. The number of hydrogen-bond acceptors (Lipinski definition) is 3. The van der Waals surface area contributed by atoms with E-state index in [2.05, 4.69) is 10.6 Å². The largest absolute Gasteiger partial charge is 0.383 e. The summed E-state index contributed by atoms with van der Waals surface area (Å²) in [5.41, 5.74) is 0.817. The Kier molecular flexibility index (Phi) is 4.89. The zero-order valence-corrected chi connectivity index (χ0v) is 11.0. The standard InChI is InChI=1S/C15H18N2O2/c1-19-9-8-16-11-15(18)17-14-7-6-12-4-2-3-5-13(12)10-14/h2-7,10,16H,8-9,11H2,1H3,(H,17,18). The molecule has 2 rings (SSSR count). The molecular formula is C15H18N2O2. The van der Waals surface area contributed by atoms with Crippen molar-refractivity contribution >= 4 is 22.4 Å². The van der Waals surface area contributed by atoms with Crippen molar-refractivity contribution in [1.29, 1.82) is 0 Å². The molecule has 2 aromatic carbocycles. The summed E-state index contributed by atoms with van der Waals surface area (Å²) in [7, 11) is 1.64. The van der Waals surface area contributed by atoms with Gasteiger partial charge in [0.1, 0.15) is 0 Å². The van der Waals surface area contributed by atoms with Crippen LogP contribution in [0.2, 0.25) is 0 Å². The topological polar surface area (TPSA) is 50.4 Å². The highest BCUT2D eigenvalue weighted by Gasteiger charge is 2.02. The molecule has 0 aromatic heterocycles. The molecule has 0 heterocycles. The number of methoxy groups -OCH3 is 1. The zero-order valence-electron chi connectivity index (χ0n) is 11.0. The maximum absolute atomic E-state index is 11.7. The molecule has 0 atom stereocenters. The second-order valence-electron chi connectivity index (χ2n) is 4.28. The zero-order chi connectivity index (χ0) is 13.5. The van der Waals surface area contributed by atoms with Gasteiger partial charge in [-0.3, -0.25) is 4.79 Å². The molecule has 0 aliphatic rings. The van der Waals surface area contributed by atoms with E-state index in [1.807, 2.05) is 42.5 Å². The summed E-state index contributed by atoms with van der Waals surface area (Å²) in [5.74, 6) is -0.0496. The van der Waals surface area contributed by atoms with Gasteiger partial charge in [0.2, 0.25) is 5.91 Å². The molecule has 19 heavy (non-hydrogen) atoms. The lowest BCUT2D eigenvalue weighted by atomic mass is 10.1. The van der Waals surface area contributed by atoms with Crippen molar-refractivity contribution in [3.8, 4) is 0 Å². The van der Waals surface area contributed by atoms with Crippen LogP contribution in [0.3, 0.4) is 0 Å². The fourth-order valence-electron chi connectivity index (χ4n) is 1.85. The van der Waals surface area contributed by atoms with Crippen LogP contribution >= 0.6 is 0 Å². The highest BCUT2D eigenvalue weighted by molar-refractivity contribution is 5.95. The van der Waals surface area contributed by atoms with Gasteiger partial charge < -0.3 is 15.4 Å². The van der Waals surface area contributed by atoms with Crippen LogP contribution in [0, 0.1) is 0 Å². The monoisotopic (exact) mass is 258 g/mol. The Balaban J connectivity index is 1.91. The lowest BCUT2D eigenvalue weighted by Crippen LogP contribution is -2.30. The maximum Gasteiger partial charge on any atom is 0.238 e. The highest BCUT2D eigenvalue weighted by atomic mass is 16.5. The third kappa shape index (κ3) is 4.05. The first kappa shape index (κ1) is 13.5. The summed E-state index contributed by atoms with van der Waals surface area (Å²) < 4.78 is 4.90. The number of hydrogen-bond donors (Lipinski definition) is 2. The average Bonchev–Trinajstić information content (AvgIpc) is 2.43. The minimum atomic E-state index is -0.0496. The normalized spacial score (nSPS) is 10.6. The van der Waals surface area contributed by atoms with Crippen LogP contribution in [0.4, 0.5) is 5.69 Å². The van der Waals surface area contributed by atoms with Gasteiger partial charge in [0.05, 0.1) is 13.2 Å². The lowest BCUT2D eigenvalue weighted by molar-refractivity contribution is -0.115. The predicted molar refractivity (Wildman–Crippen MR) is 77.3 cm³/mol. The van der Waals surface area contributed by atoms with Crippen molar-refractivity contribution in [1.82, 2.24) is 5.32 Å². The number of carbonyl (C=O) groups excluding carboxylic acids is 1. The van der Waals surface area contributed by atoms with Gasteiger partial charge in [-0.15, -0.1) is 0 Å².